The lowest BCUT2D eigenvalue weighted by molar-refractivity contribution is -0.138. The highest BCUT2D eigenvalue weighted by Crippen LogP contribution is 2.32. The molecule has 0 heterocycles. The maximum absolute atomic E-state index is 13.0. The van der Waals surface area contributed by atoms with Gasteiger partial charge in [0.15, 0.2) is 0 Å². The number of halogens is 3. The lowest BCUT2D eigenvalue weighted by atomic mass is 10.1. The third kappa shape index (κ3) is 4.72. The lowest BCUT2D eigenvalue weighted by Gasteiger charge is -2.20. The van der Waals surface area contributed by atoms with E-state index in [4.69, 9.17) is 5.73 Å². The van der Waals surface area contributed by atoms with E-state index < -0.39 is 23.7 Å². The van der Waals surface area contributed by atoms with Crippen molar-refractivity contribution in [2.45, 2.75) is 12.7 Å². The third-order valence-electron chi connectivity index (χ3n) is 3.48. The van der Waals surface area contributed by atoms with Crippen molar-refractivity contribution in [3.05, 3.63) is 65.2 Å². The second kappa shape index (κ2) is 7.25. The van der Waals surface area contributed by atoms with Gasteiger partial charge in [-0.3, -0.25) is 4.79 Å². The zero-order valence-corrected chi connectivity index (χ0v) is 13.3. The molecule has 2 aromatic rings. The number of nitrogens with zero attached hydrogens (tertiary/aromatic N) is 1. The minimum atomic E-state index is -4.48. The normalized spacial score (nSPS) is 11.0. The Morgan fingerprint density at radius 1 is 1.08 bits per heavy atom. The Balaban J connectivity index is 2.15. The van der Waals surface area contributed by atoms with E-state index in [2.05, 4.69) is 5.32 Å². The van der Waals surface area contributed by atoms with Crippen LogP contribution in [0.1, 0.15) is 21.5 Å². The number of carbonyl (C=O) groups is 2. The van der Waals surface area contributed by atoms with Crippen LogP contribution in [0, 0.1) is 0 Å². The van der Waals surface area contributed by atoms with E-state index >= 15 is 0 Å². The van der Waals surface area contributed by atoms with Gasteiger partial charge in [-0.15, -0.1) is 0 Å². The number of carbonyl (C=O) groups excluding carboxylic acids is 2. The third-order valence-corrected chi connectivity index (χ3v) is 3.48. The fourth-order valence-corrected chi connectivity index (χ4v) is 2.32. The molecule has 0 aliphatic heterocycles. The van der Waals surface area contributed by atoms with E-state index in [1.54, 1.807) is 0 Å². The van der Waals surface area contributed by atoms with Crippen LogP contribution in [-0.2, 0) is 12.7 Å². The van der Waals surface area contributed by atoms with Gasteiger partial charge in [0, 0.05) is 24.8 Å². The monoisotopic (exact) mass is 351 g/mol. The van der Waals surface area contributed by atoms with E-state index in [0.717, 1.165) is 6.07 Å². The summed E-state index contributed by atoms with van der Waals surface area (Å²) in [5, 5.41) is 2.35. The number of hydrogen-bond acceptors (Lipinski definition) is 2. The molecule has 8 heteroatoms. The highest BCUT2D eigenvalue weighted by atomic mass is 19.4. The Hall–Kier alpha value is -3.03. The molecule has 0 aliphatic carbocycles. The molecule has 0 fully saturated rings. The first kappa shape index (κ1) is 18.3. The number of urea groups is 1. The smallest absolute Gasteiger partial charge is 0.351 e. The summed E-state index contributed by atoms with van der Waals surface area (Å²) in [4.78, 5) is 24.3. The van der Waals surface area contributed by atoms with Crippen LogP contribution >= 0.6 is 0 Å². The van der Waals surface area contributed by atoms with Crippen molar-refractivity contribution < 1.29 is 22.8 Å². The fourth-order valence-electron chi connectivity index (χ4n) is 2.32. The van der Waals surface area contributed by atoms with Gasteiger partial charge in [0.2, 0.25) is 0 Å². The van der Waals surface area contributed by atoms with Crippen molar-refractivity contribution in [2.75, 3.05) is 12.4 Å². The number of primary amides is 1. The summed E-state index contributed by atoms with van der Waals surface area (Å²) >= 11 is 0. The first-order valence-electron chi connectivity index (χ1n) is 7.25. The van der Waals surface area contributed by atoms with E-state index in [0.29, 0.717) is 5.69 Å². The second-order valence-electron chi connectivity index (χ2n) is 5.38. The number of benzene rings is 2. The van der Waals surface area contributed by atoms with Crippen LogP contribution < -0.4 is 11.1 Å². The van der Waals surface area contributed by atoms with Crippen molar-refractivity contribution in [1.29, 1.82) is 0 Å². The summed E-state index contributed by atoms with van der Waals surface area (Å²) in [6.07, 6.45) is -4.48. The molecule has 2 rings (SSSR count). The number of nitrogens with one attached hydrogen (secondary N) is 1. The molecule has 0 radical (unpaired) electrons. The van der Waals surface area contributed by atoms with Crippen LogP contribution in [0.2, 0.25) is 0 Å². The van der Waals surface area contributed by atoms with Crippen LogP contribution in [0.25, 0.3) is 0 Å². The Bertz CT molecular complexity index is 773. The average Bonchev–Trinajstić information content (AvgIpc) is 2.54. The molecule has 132 valence electrons. The van der Waals surface area contributed by atoms with Gasteiger partial charge in [0.25, 0.3) is 5.91 Å². The van der Waals surface area contributed by atoms with Crippen molar-refractivity contribution in [2.24, 2.45) is 5.73 Å². The summed E-state index contributed by atoms with van der Waals surface area (Å²) in [5.74, 6) is -0.442. The molecule has 3 amide bonds. The molecule has 0 aromatic heterocycles. The first-order chi connectivity index (χ1) is 11.7. The maximum atomic E-state index is 13.0. The van der Waals surface area contributed by atoms with E-state index in [-0.39, 0.29) is 17.7 Å². The summed E-state index contributed by atoms with van der Waals surface area (Å²) in [6.45, 7) is -0.185. The molecule has 0 spiro atoms. The molecule has 0 atom stereocenters. The minimum absolute atomic E-state index is 0.0119. The zero-order valence-electron chi connectivity index (χ0n) is 13.3. The van der Waals surface area contributed by atoms with Crippen LogP contribution in [0.5, 0.6) is 0 Å². The average molecular weight is 351 g/mol. The molecule has 3 N–H and O–H groups in total. The van der Waals surface area contributed by atoms with Gasteiger partial charge in [0.1, 0.15) is 0 Å². The SMILES string of the molecule is CN(Cc1ccccc1C(F)(F)F)C(=O)c1ccc(NC(N)=O)cc1. The molecule has 5 nitrogen and oxygen atoms in total. The van der Waals surface area contributed by atoms with Gasteiger partial charge in [-0.25, -0.2) is 4.79 Å². The van der Waals surface area contributed by atoms with Gasteiger partial charge in [-0.2, -0.15) is 13.2 Å². The molecular formula is C17H16F3N3O2. The zero-order chi connectivity index (χ0) is 18.6. The molecule has 0 saturated heterocycles. The number of rotatable bonds is 4. The van der Waals surface area contributed by atoms with Crippen molar-refractivity contribution in [1.82, 2.24) is 4.90 Å². The van der Waals surface area contributed by atoms with E-state index in [1.807, 2.05) is 0 Å². The van der Waals surface area contributed by atoms with Crippen LogP contribution in [-0.4, -0.2) is 23.9 Å². The molecular weight excluding hydrogens is 335 g/mol. The summed E-state index contributed by atoms with van der Waals surface area (Å²) in [5.41, 5.74) is 4.92. The largest absolute Gasteiger partial charge is 0.416 e. The van der Waals surface area contributed by atoms with Gasteiger partial charge in [-0.1, -0.05) is 18.2 Å². The maximum Gasteiger partial charge on any atom is 0.416 e. The number of nitrogens with two attached hydrogens (primary N) is 1. The van der Waals surface area contributed by atoms with Gasteiger partial charge >= 0.3 is 12.2 Å². The van der Waals surface area contributed by atoms with Gasteiger partial charge < -0.3 is 16.0 Å². The van der Waals surface area contributed by atoms with E-state index in [9.17, 15) is 22.8 Å². The number of hydrogen-bond donors (Lipinski definition) is 2. The predicted molar refractivity (Wildman–Crippen MR) is 86.9 cm³/mol. The number of alkyl halides is 3. The number of anilines is 1. The van der Waals surface area contributed by atoms with Crippen molar-refractivity contribution in [3.8, 4) is 0 Å². The summed E-state index contributed by atoms with van der Waals surface area (Å²) < 4.78 is 39.1. The summed E-state index contributed by atoms with van der Waals surface area (Å²) in [7, 11) is 1.42. The molecule has 0 aliphatic rings. The van der Waals surface area contributed by atoms with Crippen molar-refractivity contribution >= 4 is 17.6 Å². The first-order valence-corrected chi connectivity index (χ1v) is 7.25. The standard InChI is InChI=1S/C17H16F3N3O2/c1-23(10-12-4-2-3-5-14(12)17(18,19)20)15(24)11-6-8-13(9-7-11)22-16(21)25/h2-9H,10H2,1H3,(H3,21,22,25). The Kier molecular flexibility index (Phi) is 5.31. The Labute approximate surface area is 142 Å². The Morgan fingerprint density at radius 2 is 1.68 bits per heavy atom. The highest BCUT2D eigenvalue weighted by molar-refractivity contribution is 5.95. The molecule has 0 unspecified atom stereocenters. The quantitative estimate of drug-likeness (QED) is 0.885. The molecule has 2 aromatic carbocycles. The predicted octanol–water partition coefficient (Wildman–Crippen LogP) is 3.47. The minimum Gasteiger partial charge on any atom is -0.351 e. The Morgan fingerprint density at radius 3 is 2.24 bits per heavy atom. The lowest BCUT2D eigenvalue weighted by Crippen LogP contribution is -2.27. The topological polar surface area (TPSA) is 75.4 Å². The molecule has 0 saturated carbocycles. The number of amides is 3. The summed E-state index contributed by atoms with van der Waals surface area (Å²) in [6, 6.07) is 10.3. The fraction of sp³-hybridized carbons (Fsp3) is 0.176. The van der Waals surface area contributed by atoms with Gasteiger partial charge in [0.05, 0.1) is 5.56 Å². The van der Waals surface area contributed by atoms with Crippen LogP contribution in [0.15, 0.2) is 48.5 Å². The van der Waals surface area contributed by atoms with Crippen LogP contribution in [0.4, 0.5) is 23.7 Å². The highest BCUT2D eigenvalue weighted by Gasteiger charge is 2.33. The van der Waals surface area contributed by atoms with Crippen LogP contribution in [0.3, 0.4) is 0 Å². The van der Waals surface area contributed by atoms with E-state index in [1.165, 1.54) is 54.4 Å². The second-order valence-corrected chi connectivity index (χ2v) is 5.38. The molecule has 25 heavy (non-hydrogen) atoms. The van der Waals surface area contributed by atoms with Gasteiger partial charge in [-0.05, 0) is 35.9 Å². The van der Waals surface area contributed by atoms with Crippen molar-refractivity contribution in [3.63, 3.8) is 0 Å². The molecule has 0 bridgehead atoms.